The SMILES string of the molecule is CN(Cc1ccsc1)C(=O)COC(=O)CNS(=O)(=O)c1cccc(C(F)(F)F)c1. The van der Waals surface area contributed by atoms with E-state index in [2.05, 4.69) is 0 Å². The first-order valence-corrected chi connectivity index (χ1v) is 10.5. The first-order valence-electron chi connectivity index (χ1n) is 8.06. The van der Waals surface area contributed by atoms with Crippen molar-refractivity contribution in [3.05, 3.63) is 52.2 Å². The van der Waals surface area contributed by atoms with Crippen LogP contribution in [0.4, 0.5) is 13.2 Å². The molecule has 2 aromatic rings. The van der Waals surface area contributed by atoms with E-state index in [1.165, 1.54) is 23.3 Å². The number of nitrogens with zero attached hydrogens (tertiary/aromatic N) is 1. The van der Waals surface area contributed by atoms with Crippen molar-refractivity contribution < 1.29 is 35.9 Å². The van der Waals surface area contributed by atoms with Gasteiger partial charge in [-0.05, 0) is 40.6 Å². The van der Waals surface area contributed by atoms with Crippen molar-refractivity contribution in [2.45, 2.75) is 17.6 Å². The highest BCUT2D eigenvalue weighted by atomic mass is 32.2. The van der Waals surface area contributed by atoms with Gasteiger partial charge < -0.3 is 9.64 Å². The number of carbonyl (C=O) groups is 2. The molecule has 1 aromatic carbocycles. The van der Waals surface area contributed by atoms with Crippen molar-refractivity contribution in [3.8, 4) is 0 Å². The van der Waals surface area contributed by atoms with E-state index < -0.39 is 51.7 Å². The molecule has 0 aliphatic rings. The summed E-state index contributed by atoms with van der Waals surface area (Å²) in [6.07, 6.45) is -4.71. The Morgan fingerprint density at radius 2 is 1.97 bits per heavy atom. The van der Waals surface area contributed by atoms with Crippen LogP contribution >= 0.6 is 11.3 Å². The van der Waals surface area contributed by atoms with Crippen molar-refractivity contribution in [1.29, 1.82) is 0 Å². The van der Waals surface area contributed by atoms with Crippen LogP contribution in [0.15, 0.2) is 46.0 Å². The van der Waals surface area contributed by atoms with Crippen LogP contribution in [-0.2, 0) is 37.1 Å². The van der Waals surface area contributed by atoms with E-state index in [9.17, 15) is 31.2 Å². The molecule has 1 heterocycles. The lowest BCUT2D eigenvalue weighted by Gasteiger charge is -2.16. The number of amides is 1. The highest BCUT2D eigenvalue weighted by Crippen LogP contribution is 2.30. The maximum atomic E-state index is 12.7. The summed E-state index contributed by atoms with van der Waals surface area (Å²) >= 11 is 1.47. The fourth-order valence-corrected chi connectivity index (χ4v) is 3.80. The van der Waals surface area contributed by atoms with Gasteiger partial charge >= 0.3 is 12.1 Å². The summed E-state index contributed by atoms with van der Waals surface area (Å²) < 4.78 is 68.8. The standard InChI is InChI=1S/C17H17F3N2O5S2/c1-22(9-12-5-6-28-11-12)15(23)10-27-16(24)8-21-29(25,26)14-4-2-3-13(7-14)17(18,19)20/h2-7,11,21H,8-10H2,1H3. The maximum absolute atomic E-state index is 12.7. The Kier molecular flexibility index (Phi) is 7.38. The molecule has 1 amide bonds. The van der Waals surface area contributed by atoms with Crippen LogP contribution in [0.25, 0.3) is 0 Å². The molecule has 0 bridgehead atoms. The van der Waals surface area contributed by atoms with Crippen LogP contribution < -0.4 is 4.72 Å². The van der Waals surface area contributed by atoms with Gasteiger partial charge in [0.2, 0.25) is 10.0 Å². The number of hydrogen-bond acceptors (Lipinski definition) is 6. The zero-order chi connectivity index (χ0) is 21.7. The number of sulfonamides is 1. The van der Waals surface area contributed by atoms with Gasteiger partial charge in [0.05, 0.1) is 10.5 Å². The molecule has 0 radical (unpaired) electrons. The smallest absolute Gasteiger partial charge is 0.416 e. The first-order chi connectivity index (χ1) is 13.5. The Hall–Kier alpha value is -2.44. The van der Waals surface area contributed by atoms with Gasteiger partial charge in [-0.3, -0.25) is 9.59 Å². The predicted octanol–water partition coefficient (Wildman–Crippen LogP) is 2.25. The first kappa shape index (κ1) is 22.8. The van der Waals surface area contributed by atoms with Crippen LogP contribution in [-0.4, -0.2) is 45.4 Å². The summed E-state index contributed by atoms with van der Waals surface area (Å²) in [5, 5.41) is 3.71. The highest BCUT2D eigenvalue weighted by molar-refractivity contribution is 7.89. The molecule has 0 spiro atoms. The van der Waals surface area contributed by atoms with E-state index in [0.717, 1.165) is 23.8 Å². The lowest BCUT2D eigenvalue weighted by atomic mass is 10.2. The normalized spacial score (nSPS) is 11.9. The average molecular weight is 450 g/mol. The number of halogens is 3. The van der Waals surface area contributed by atoms with Gasteiger partial charge in [-0.15, -0.1) is 0 Å². The van der Waals surface area contributed by atoms with Crippen molar-refractivity contribution >= 4 is 33.2 Å². The number of nitrogens with one attached hydrogen (secondary N) is 1. The van der Waals surface area contributed by atoms with Gasteiger partial charge in [-0.25, -0.2) is 8.42 Å². The maximum Gasteiger partial charge on any atom is 0.416 e. The van der Waals surface area contributed by atoms with Crippen LogP contribution in [0.3, 0.4) is 0 Å². The molecule has 1 N–H and O–H groups in total. The molecule has 0 saturated heterocycles. The minimum atomic E-state index is -4.71. The molecule has 0 aliphatic heterocycles. The van der Waals surface area contributed by atoms with Gasteiger partial charge in [0, 0.05) is 13.6 Å². The van der Waals surface area contributed by atoms with Crippen LogP contribution in [0.2, 0.25) is 0 Å². The summed E-state index contributed by atoms with van der Waals surface area (Å²) in [7, 11) is -2.85. The van der Waals surface area contributed by atoms with Crippen molar-refractivity contribution in [3.63, 3.8) is 0 Å². The minimum Gasteiger partial charge on any atom is -0.455 e. The second-order valence-electron chi connectivity index (χ2n) is 5.89. The van der Waals surface area contributed by atoms with Crippen LogP contribution in [0, 0.1) is 0 Å². The van der Waals surface area contributed by atoms with Gasteiger partial charge in [0.15, 0.2) is 6.61 Å². The largest absolute Gasteiger partial charge is 0.455 e. The number of ether oxygens (including phenoxy) is 1. The van der Waals surface area contributed by atoms with Crippen molar-refractivity contribution in [2.75, 3.05) is 20.2 Å². The molecule has 0 unspecified atom stereocenters. The third-order valence-electron chi connectivity index (χ3n) is 3.66. The van der Waals surface area contributed by atoms with Crippen LogP contribution in [0.1, 0.15) is 11.1 Å². The van der Waals surface area contributed by atoms with E-state index in [4.69, 9.17) is 4.74 Å². The lowest BCUT2D eigenvalue weighted by Crippen LogP contribution is -2.34. The number of hydrogen-bond donors (Lipinski definition) is 1. The monoisotopic (exact) mass is 450 g/mol. The fourth-order valence-electron chi connectivity index (χ4n) is 2.12. The molecular weight excluding hydrogens is 433 g/mol. The number of benzene rings is 1. The Bertz CT molecular complexity index is 960. The fraction of sp³-hybridized carbons (Fsp3) is 0.294. The number of thiophene rings is 1. The van der Waals surface area contributed by atoms with Crippen LogP contribution in [0.5, 0.6) is 0 Å². The topological polar surface area (TPSA) is 92.8 Å². The summed E-state index contributed by atoms with van der Waals surface area (Å²) in [5.41, 5.74) is -0.228. The zero-order valence-electron chi connectivity index (χ0n) is 15.1. The Morgan fingerprint density at radius 1 is 1.24 bits per heavy atom. The van der Waals surface area contributed by atoms with Crippen molar-refractivity contribution in [2.24, 2.45) is 0 Å². The van der Waals surface area contributed by atoms with E-state index in [1.807, 2.05) is 21.5 Å². The van der Waals surface area contributed by atoms with Crippen molar-refractivity contribution in [1.82, 2.24) is 9.62 Å². The van der Waals surface area contributed by atoms with Gasteiger partial charge in [0.25, 0.3) is 5.91 Å². The quantitative estimate of drug-likeness (QED) is 0.623. The molecule has 0 fully saturated rings. The molecule has 29 heavy (non-hydrogen) atoms. The van der Waals surface area contributed by atoms with Gasteiger partial charge in [-0.1, -0.05) is 6.07 Å². The molecule has 2 rings (SSSR count). The second kappa shape index (κ2) is 9.37. The second-order valence-corrected chi connectivity index (χ2v) is 8.44. The number of rotatable bonds is 8. The highest BCUT2D eigenvalue weighted by Gasteiger charge is 2.31. The zero-order valence-corrected chi connectivity index (χ0v) is 16.7. The summed E-state index contributed by atoms with van der Waals surface area (Å²) in [4.78, 5) is 24.3. The molecule has 12 heteroatoms. The Morgan fingerprint density at radius 3 is 2.59 bits per heavy atom. The third-order valence-corrected chi connectivity index (χ3v) is 5.79. The molecule has 0 atom stereocenters. The number of carbonyl (C=O) groups excluding carboxylic acids is 2. The van der Waals surface area contributed by atoms with E-state index in [0.29, 0.717) is 12.6 Å². The van der Waals surface area contributed by atoms with E-state index >= 15 is 0 Å². The molecule has 158 valence electrons. The summed E-state index contributed by atoms with van der Waals surface area (Å²) in [5.74, 6) is -1.54. The lowest BCUT2D eigenvalue weighted by molar-refractivity contribution is -0.150. The molecule has 7 nitrogen and oxygen atoms in total. The molecule has 0 saturated carbocycles. The van der Waals surface area contributed by atoms with Gasteiger partial charge in [0.1, 0.15) is 6.54 Å². The minimum absolute atomic E-state index is 0.321. The van der Waals surface area contributed by atoms with E-state index in [1.54, 1.807) is 0 Å². The number of alkyl halides is 3. The summed E-state index contributed by atoms with van der Waals surface area (Å²) in [6, 6.07) is 4.93. The molecule has 0 aliphatic carbocycles. The number of likely N-dealkylation sites (N-methyl/N-ethyl adjacent to an activating group) is 1. The number of esters is 1. The average Bonchev–Trinajstić information content (AvgIpc) is 3.17. The Labute approximate surface area is 169 Å². The van der Waals surface area contributed by atoms with Gasteiger partial charge in [-0.2, -0.15) is 29.2 Å². The Balaban J connectivity index is 1.85. The third kappa shape index (κ3) is 6.84. The molecule has 1 aromatic heterocycles. The molecular formula is C17H17F3N2O5S2. The summed E-state index contributed by atoms with van der Waals surface area (Å²) in [6.45, 7) is -1.10. The predicted molar refractivity (Wildman–Crippen MR) is 98.4 cm³/mol. The van der Waals surface area contributed by atoms with E-state index in [-0.39, 0.29) is 0 Å².